The lowest BCUT2D eigenvalue weighted by molar-refractivity contribution is -0.173. The number of carbonyl (C=O) groups is 2. The lowest BCUT2D eigenvalue weighted by Gasteiger charge is -2.13. The highest BCUT2D eigenvalue weighted by molar-refractivity contribution is 14.1. The maximum atomic E-state index is 11.9. The van der Waals surface area contributed by atoms with Gasteiger partial charge in [0.2, 0.25) is 5.91 Å². The average molecular weight is 429 g/mol. The van der Waals surface area contributed by atoms with Crippen molar-refractivity contribution in [3.8, 4) is 0 Å². The first-order valence-corrected chi connectivity index (χ1v) is 7.41. The van der Waals surface area contributed by atoms with Crippen molar-refractivity contribution < 1.29 is 22.8 Å². The van der Waals surface area contributed by atoms with Gasteiger partial charge in [0.15, 0.2) is 0 Å². The quantitative estimate of drug-likeness (QED) is 0.466. The van der Waals surface area contributed by atoms with Crippen molar-refractivity contribution >= 4 is 34.4 Å². The fraction of sp³-hybridized carbons (Fsp3) is 0.385. The van der Waals surface area contributed by atoms with E-state index in [0.717, 1.165) is 9.13 Å². The molecule has 22 heavy (non-hydrogen) atoms. The number of carbonyl (C=O) groups excluding carboxylic acids is 2. The Morgan fingerprint density at radius 1 is 1.14 bits per heavy atom. The molecule has 0 fully saturated rings. The van der Waals surface area contributed by atoms with E-state index < -0.39 is 24.0 Å². The summed E-state index contributed by atoms with van der Waals surface area (Å²) in [5.41, 5.74) is 6.60. The molecule has 1 aromatic carbocycles. The second-order valence-electron chi connectivity index (χ2n) is 4.48. The highest BCUT2D eigenvalue weighted by Crippen LogP contribution is 2.13. The van der Waals surface area contributed by atoms with Crippen LogP contribution in [0.1, 0.15) is 5.56 Å². The van der Waals surface area contributed by atoms with Crippen molar-refractivity contribution in [1.82, 2.24) is 10.6 Å². The van der Waals surface area contributed by atoms with Crippen LogP contribution in [-0.4, -0.2) is 37.1 Å². The molecule has 0 saturated carbocycles. The normalized spacial score (nSPS) is 12.6. The minimum absolute atomic E-state index is 0.124. The van der Waals surface area contributed by atoms with E-state index in [9.17, 15) is 22.8 Å². The van der Waals surface area contributed by atoms with Crippen molar-refractivity contribution in [2.45, 2.75) is 18.6 Å². The Balaban J connectivity index is 2.30. The summed E-state index contributed by atoms with van der Waals surface area (Å²) in [7, 11) is 0. The van der Waals surface area contributed by atoms with Crippen molar-refractivity contribution in [3.63, 3.8) is 0 Å². The molecule has 0 bridgehead atoms. The lowest BCUT2D eigenvalue weighted by atomic mass is 10.1. The van der Waals surface area contributed by atoms with Crippen molar-refractivity contribution in [3.05, 3.63) is 33.4 Å². The summed E-state index contributed by atoms with van der Waals surface area (Å²) in [4.78, 5) is 22.2. The fourth-order valence-corrected chi connectivity index (χ4v) is 1.92. The van der Waals surface area contributed by atoms with E-state index in [2.05, 4.69) is 27.9 Å². The Morgan fingerprint density at radius 2 is 1.68 bits per heavy atom. The fourth-order valence-electron chi connectivity index (χ4n) is 1.56. The Labute approximate surface area is 139 Å². The zero-order valence-electron chi connectivity index (χ0n) is 11.4. The number of nitrogens with one attached hydrogen (secondary N) is 2. The summed E-state index contributed by atoms with van der Waals surface area (Å²) in [5, 5.41) is 4.03. The van der Waals surface area contributed by atoms with Crippen molar-refractivity contribution in [2.24, 2.45) is 5.73 Å². The van der Waals surface area contributed by atoms with Gasteiger partial charge in [-0.2, -0.15) is 13.2 Å². The van der Waals surface area contributed by atoms with E-state index in [1.54, 1.807) is 5.32 Å². The largest absolute Gasteiger partial charge is 0.471 e. The van der Waals surface area contributed by atoms with Gasteiger partial charge in [-0.3, -0.25) is 9.59 Å². The summed E-state index contributed by atoms with van der Waals surface area (Å²) >= 11 is 2.15. The molecule has 0 unspecified atom stereocenters. The number of hydrogen-bond acceptors (Lipinski definition) is 3. The van der Waals surface area contributed by atoms with Gasteiger partial charge in [-0.05, 0) is 46.7 Å². The van der Waals surface area contributed by atoms with Gasteiger partial charge in [0, 0.05) is 16.7 Å². The van der Waals surface area contributed by atoms with E-state index in [1.165, 1.54) is 0 Å². The van der Waals surface area contributed by atoms with Crippen LogP contribution < -0.4 is 16.4 Å². The number of alkyl halides is 3. The van der Waals surface area contributed by atoms with Crippen LogP contribution in [-0.2, 0) is 16.0 Å². The minimum Gasteiger partial charge on any atom is -0.353 e. The predicted octanol–water partition coefficient (Wildman–Crippen LogP) is 0.956. The molecule has 0 saturated heterocycles. The van der Waals surface area contributed by atoms with Crippen LogP contribution in [0.25, 0.3) is 0 Å². The average Bonchev–Trinajstić information content (AvgIpc) is 2.44. The molecule has 4 N–H and O–H groups in total. The molecule has 0 aliphatic carbocycles. The zero-order chi connectivity index (χ0) is 16.8. The smallest absolute Gasteiger partial charge is 0.353 e. The molecule has 0 aliphatic rings. The second kappa shape index (κ2) is 8.32. The van der Waals surface area contributed by atoms with Gasteiger partial charge in [0.25, 0.3) is 0 Å². The summed E-state index contributed by atoms with van der Waals surface area (Å²) in [6.07, 6.45) is -4.61. The van der Waals surface area contributed by atoms with Gasteiger partial charge in [-0.1, -0.05) is 12.1 Å². The zero-order valence-corrected chi connectivity index (χ0v) is 13.6. The molecular weight excluding hydrogens is 414 g/mol. The van der Waals surface area contributed by atoms with Gasteiger partial charge < -0.3 is 16.4 Å². The summed E-state index contributed by atoms with van der Waals surface area (Å²) in [6.45, 7) is -0.443. The first kappa shape index (κ1) is 18.7. The number of halogens is 4. The van der Waals surface area contributed by atoms with E-state index in [4.69, 9.17) is 5.73 Å². The van der Waals surface area contributed by atoms with E-state index in [0.29, 0.717) is 6.42 Å². The molecule has 9 heteroatoms. The minimum atomic E-state index is -4.93. The Kier molecular flexibility index (Phi) is 7.07. The molecule has 5 nitrogen and oxygen atoms in total. The van der Waals surface area contributed by atoms with Gasteiger partial charge in [0.05, 0.1) is 6.04 Å². The van der Waals surface area contributed by atoms with E-state index in [-0.39, 0.29) is 13.1 Å². The monoisotopic (exact) mass is 429 g/mol. The number of amides is 2. The van der Waals surface area contributed by atoms with Gasteiger partial charge in [-0.15, -0.1) is 0 Å². The number of hydrogen-bond donors (Lipinski definition) is 3. The summed E-state index contributed by atoms with van der Waals surface area (Å²) in [6, 6.07) is 6.65. The van der Waals surface area contributed by atoms with Crippen LogP contribution in [0.5, 0.6) is 0 Å². The lowest BCUT2D eigenvalue weighted by Crippen LogP contribution is -2.46. The van der Waals surface area contributed by atoms with E-state index in [1.807, 2.05) is 24.3 Å². The first-order chi connectivity index (χ1) is 10.2. The van der Waals surface area contributed by atoms with Crippen molar-refractivity contribution in [2.75, 3.05) is 13.1 Å². The van der Waals surface area contributed by atoms with Crippen LogP contribution >= 0.6 is 22.6 Å². The number of rotatable bonds is 6. The molecule has 0 spiro atoms. The highest BCUT2D eigenvalue weighted by atomic mass is 127. The third-order valence-electron chi connectivity index (χ3n) is 2.67. The molecule has 2 amide bonds. The van der Waals surface area contributed by atoms with Gasteiger partial charge >= 0.3 is 12.1 Å². The predicted molar refractivity (Wildman–Crippen MR) is 82.9 cm³/mol. The Hall–Kier alpha value is -1.36. The standard InChI is InChI=1S/C13H15F3IN3O2/c14-13(15,16)12(22)20-6-5-19-11(21)10(18)7-8-1-3-9(17)4-2-8/h1-4,10H,5-7,18H2,(H,19,21)(H,20,22)/t10-/m0/s1. The molecule has 0 aliphatic heterocycles. The topological polar surface area (TPSA) is 84.2 Å². The van der Waals surface area contributed by atoms with Crippen LogP contribution in [0.2, 0.25) is 0 Å². The van der Waals surface area contributed by atoms with Crippen LogP contribution in [0.4, 0.5) is 13.2 Å². The molecule has 1 aromatic rings. The third-order valence-corrected chi connectivity index (χ3v) is 3.39. The molecular formula is C13H15F3IN3O2. The highest BCUT2D eigenvalue weighted by Gasteiger charge is 2.38. The SMILES string of the molecule is N[C@@H](Cc1ccc(I)cc1)C(=O)NCCNC(=O)C(F)(F)F. The van der Waals surface area contributed by atoms with Gasteiger partial charge in [-0.25, -0.2) is 0 Å². The molecule has 1 rings (SSSR count). The van der Waals surface area contributed by atoms with Crippen molar-refractivity contribution in [1.29, 1.82) is 0 Å². The number of benzene rings is 1. The van der Waals surface area contributed by atoms with E-state index >= 15 is 0 Å². The third kappa shape index (κ3) is 6.60. The van der Waals surface area contributed by atoms with Gasteiger partial charge in [0.1, 0.15) is 0 Å². The summed E-state index contributed by atoms with van der Waals surface area (Å²) in [5.74, 6) is -2.52. The molecule has 0 aromatic heterocycles. The summed E-state index contributed by atoms with van der Waals surface area (Å²) < 4.78 is 36.8. The molecule has 0 radical (unpaired) electrons. The molecule has 122 valence electrons. The Morgan fingerprint density at radius 3 is 2.23 bits per heavy atom. The first-order valence-electron chi connectivity index (χ1n) is 6.33. The maximum Gasteiger partial charge on any atom is 0.471 e. The van der Waals surface area contributed by atoms with Crippen LogP contribution in [0.3, 0.4) is 0 Å². The number of nitrogens with two attached hydrogens (primary N) is 1. The molecule has 1 atom stereocenters. The van der Waals surface area contributed by atoms with Crippen LogP contribution in [0.15, 0.2) is 24.3 Å². The van der Waals surface area contributed by atoms with Crippen LogP contribution in [0, 0.1) is 3.57 Å². The Bertz CT molecular complexity index is 520. The molecule has 0 heterocycles. The second-order valence-corrected chi connectivity index (χ2v) is 5.73. The maximum absolute atomic E-state index is 11.9.